The van der Waals surface area contributed by atoms with Crippen LogP contribution in [0.5, 0.6) is 0 Å². The van der Waals surface area contributed by atoms with E-state index in [1.54, 1.807) is 0 Å². The van der Waals surface area contributed by atoms with Crippen LogP contribution in [0.25, 0.3) is 0 Å². The van der Waals surface area contributed by atoms with E-state index in [0.29, 0.717) is 0 Å². The summed E-state index contributed by atoms with van der Waals surface area (Å²) in [6.07, 6.45) is -5.72. The van der Waals surface area contributed by atoms with E-state index in [1.165, 1.54) is 12.1 Å². The summed E-state index contributed by atoms with van der Waals surface area (Å²) in [6, 6.07) is 4.74. The van der Waals surface area contributed by atoms with Crippen molar-refractivity contribution >= 4 is 17.3 Å². The lowest BCUT2D eigenvalue weighted by Gasteiger charge is -2.26. The highest BCUT2D eigenvalue weighted by molar-refractivity contribution is 6.01. The molecule has 2 rings (SSSR count). The third-order valence-corrected chi connectivity index (χ3v) is 3.03. The number of para-hydroxylation sites is 1. The number of benzene rings is 1. The minimum atomic E-state index is -4.80. The molecule has 0 spiro atoms. The normalized spacial score (nSPS) is 21.7. The van der Waals surface area contributed by atoms with Gasteiger partial charge in [-0.3, -0.25) is 14.9 Å². The number of rotatable bonds is 2. The molecule has 10 heteroatoms. The summed E-state index contributed by atoms with van der Waals surface area (Å²) in [5, 5.41) is 24.2. The number of aliphatic hydroxyl groups is 1. The van der Waals surface area contributed by atoms with Crippen molar-refractivity contribution < 1.29 is 28.0 Å². The van der Waals surface area contributed by atoms with Crippen LogP contribution in [-0.4, -0.2) is 38.6 Å². The van der Waals surface area contributed by atoms with E-state index in [9.17, 15) is 33.2 Å². The van der Waals surface area contributed by atoms with E-state index in [4.69, 9.17) is 0 Å². The topological polar surface area (TPSA) is 96.0 Å². The molecule has 1 heterocycles. The molecular weight excluding hydrogens is 307 g/mol. The third-order valence-electron chi connectivity index (χ3n) is 3.03. The van der Waals surface area contributed by atoms with Gasteiger partial charge in [-0.2, -0.15) is 23.3 Å². The highest BCUT2D eigenvalue weighted by Crippen LogP contribution is 2.34. The summed E-state index contributed by atoms with van der Waals surface area (Å²) in [5.74, 6) is -1.18. The van der Waals surface area contributed by atoms with E-state index in [2.05, 4.69) is 5.10 Å². The fraction of sp³-hybridized carbons (Fsp3) is 0.333. The van der Waals surface area contributed by atoms with E-state index >= 15 is 0 Å². The molecule has 0 aromatic heterocycles. The number of nitro benzene ring substituents is 1. The molecule has 1 aliphatic heterocycles. The minimum Gasteiger partial charge on any atom is -0.369 e. The zero-order valence-electron chi connectivity index (χ0n) is 11.2. The second kappa shape index (κ2) is 5.05. The van der Waals surface area contributed by atoms with Gasteiger partial charge in [0.25, 0.3) is 11.6 Å². The quantitative estimate of drug-likeness (QED) is 0.667. The van der Waals surface area contributed by atoms with Gasteiger partial charge in [0.15, 0.2) is 5.72 Å². The second-order valence-electron chi connectivity index (χ2n) is 4.83. The summed E-state index contributed by atoms with van der Waals surface area (Å²) in [7, 11) is 0. The smallest absolute Gasteiger partial charge is 0.369 e. The van der Waals surface area contributed by atoms with Gasteiger partial charge in [-0.05, 0) is 13.0 Å². The van der Waals surface area contributed by atoms with Crippen LogP contribution in [0.2, 0.25) is 0 Å². The Morgan fingerprint density at radius 3 is 2.55 bits per heavy atom. The maximum atomic E-state index is 12.7. The zero-order chi connectivity index (χ0) is 16.7. The summed E-state index contributed by atoms with van der Waals surface area (Å²) in [5.41, 5.74) is -4.59. The van der Waals surface area contributed by atoms with Crippen molar-refractivity contribution in [1.82, 2.24) is 5.01 Å². The first-order chi connectivity index (χ1) is 10.0. The minimum absolute atomic E-state index is 0.220. The number of alkyl halides is 3. The highest BCUT2D eigenvalue weighted by atomic mass is 19.4. The summed E-state index contributed by atoms with van der Waals surface area (Å²) < 4.78 is 38.0. The standard InChI is InChI=1S/C12H10F3N3O4/c1-11(20)6-9(12(13,14)15)16-17(11)10(19)7-4-2-3-5-8(7)18(21)22/h2-5,20H,6H2,1H3/t11-/m0/s1. The molecule has 1 aromatic rings. The molecule has 7 nitrogen and oxygen atoms in total. The molecule has 1 amide bonds. The predicted molar refractivity (Wildman–Crippen MR) is 68.0 cm³/mol. The van der Waals surface area contributed by atoms with Crippen LogP contribution >= 0.6 is 0 Å². The van der Waals surface area contributed by atoms with E-state index in [0.717, 1.165) is 19.1 Å². The van der Waals surface area contributed by atoms with Crippen LogP contribution in [0.4, 0.5) is 18.9 Å². The fourth-order valence-electron chi connectivity index (χ4n) is 2.00. The molecular formula is C12H10F3N3O4. The van der Waals surface area contributed by atoms with Crippen LogP contribution in [0, 0.1) is 10.1 Å². The van der Waals surface area contributed by atoms with Gasteiger partial charge in [0.05, 0.1) is 4.92 Å². The Morgan fingerprint density at radius 2 is 2.05 bits per heavy atom. The van der Waals surface area contributed by atoms with Crippen molar-refractivity contribution in [3.63, 3.8) is 0 Å². The first-order valence-corrected chi connectivity index (χ1v) is 5.99. The van der Waals surface area contributed by atoms with E-state index < -0.39 is 46.1 Å². The van der Waals surface area contributed by atoms with Gasteiger partial charge in [0, 0.05) is 12.5 Å². The summed E-state index contributed by atoms with van der Waals surface area (Å²) >= 11 is 0. The molecule has 0 radical (unpaired) electrons. The molecule has 0 unspecified atom stereocenters. The number of hydrogen-bond acceptors (Lipinski definition) is 5. The van der Waals surface area contributed by atoms with Gasteiger partial charge in [-0.1, -0.05) is 12.1 Å². The molecule has 1 aliphatic rings. The Labute approximate surface area is 121 Å². The van der Waals surface area contributed by atoms with E-state index in [1.807, 2.05) is 0 Å². The van der Waals surface area contributed by atoms with Crippen molar-refractivity contribution in [2.75, 3.05) is 0 Å². The Balaban J connectivity index is 2.45. The lowest BCUT2D eigenvalue weighted by Crippen LogP contribution is -2.43. The second-order valence-corrected chi connectivity index (χ2v) is 4.83. The molecule has 1 aromatic carbocycles. The lowest BCUT2D eigenvalue weighted by atomic mass is 10.1. The fourth-order valence-corrected chi connectivity index (χ4v) is 2.00. The van der Waals surface area contributed by atoms with Crippen LogP contribution in [0.1, 0.15) is 23.7 Å². The number of carbonyl (C=O) groups excluding carboxylic acids is 1. The monoisotopic (exact) mass is 317 g/mol. The number of nitro groups is 1. The first kappa shape index (κ1) is 15.9. The Hall–Kier alpha value is -2.49. The molecule has 0 saturated heterocycles. The predicted octanol–water partition coefficient (Wildman–Crippen LogP) is 2.07. The number of hydrogen-bond donors (Lipinski definition) is 1. The number of hydrazone groups is 1. The van der Waals surface area contributed by atoms with Gasteiger partial charge in [0.2, 0.25) is 0 Å². The molecule has 118 valence electrons. The van der Waals surface area contributed by atoms with Gasteiger partial charge in [0.1, 0.15) is 11.3 Å². The van der Waals surface area contributed by atoms with Crippen LogP contribution < -0.4 is 0 Å². The van der Waals surface area contributed by atoms with Crippen LogP contribution in [0.3, 0.4) is 0 Å². The number of carbonyl (C=O) groups is 1. The molecule has 22 heavy (non-hydrogen) atoms. The molecule has 0 fully saturated rings. The average Bonchev–Trinajstić information content (AvgIpc) is 2.73. The summed E-state index contributed by atoms with van der Waals surface area (Å²) in [4.78, 5) is 22.3. The highest BCUT2D eigenvalue weighted by Gasteiger charge is 2.50. The average molecular weight is 317 g/mol. The van der Waals surface area contributed by atoms with Crippen molar-refractivity contribution in [3.05, 3.63) is 39.9 Å². The number of nitrogens with zero attached hydrogens (tertiary/aromatic N) is 3. The first-order valence-electron chi connectivity index (χ1n) is 5.99. The lowest BCUT2D eigenvalue weighted by molar-refractivity contribution is -0.385. The van der Waals surface area contributed by atoms with E-state index in [-0.39, 0.29) is 5.01 Å². The molecule has 1 N–H and O–H groups in total. The van der Waals surface area contributed by atoms with Crippen molar-refractivity contribution in [1.29, 1.82) is 0 Å². The zero-order valence-corrected chi connectivity index (χ0v) is 11.2. The number of halogens is 3. The molecule has 0 aliphatic carbocycles. The van der Waals surface area contributed by atoms with Crippen molar-refractivity contribution in [2.45, 2.75) is 25.2 Å². The summed E-state index contributed by atoms with van der Waals surface area (Å²) in [6.45, 7) is 0.974. The Bertz CT molecular complexity index is 670. The van der Waals surface area contributed by atoms with Gasteiger partial charge in [-0.15, -0.1) is 0 Å². The number of amides is 1. The van der Waals surface area contributed by atoms with Gasteiger partial charge in [-0.25, -0.2) is 0 Å². The van der Waals surface area contributed by atoms with Gasteiger partial charge < -0.3 is 5.11 Å². The van der Waals surface area contributed by atoms with Crippen molar-refractivity contribution in [2.24, 2.45) is 5.10 Å². The Morgan fingerprint density at radius 1 is 1.45 bits per heavy atom. The maximum Gasteiger partial charge on any atom is 0.431 e. The molecule has 0 saturated carbocycles. The Kier molecular flexibility index (Phi) is 3.65. The van der Waals surface area contributed by atoms with Crippen LogP contribution in [-0.2, 0) is 0 Å². The third kappa shape index (κ3) is 2.77. The molecule has 1 atom stereocenters. The van der Waals surface area contributed by atoms with Gasteiger partial charge >= 0.3 is 6.18 Å². The SMILES string of the molecule is C[C@]1(O)CC(C(F)(F)F)=NN1C(=O)c1ccccc1[N+](=O)[O-]. The molecule has 0 bridgehead atoms. The largest absolute Gasteiger partial charge is 0.431 e. The van der Waals surface area contributed by atoms with Crippen LogP contribution in [0.15, 0.2) is 29.4 Å². The van der Waals surface area contributed by atoms with Crippen molar-refractivity contribution in [3.8, 4) is 0 Å². The maximum absolute atomic E-state index is 12.7.